The molecule has 1 unspecified atom stereocenters. The molecule has 3 heteroatoms. The third-order valence-electron chi connectivity index (χ3n) is 4.37. The van der Waals surface area contributed by atoms with Crippen LogP contribution in [0.4, 0.5) is 0 Å². The summed E-state index contributed by atoms with van der Waals surface area (Å²) in [5, 5.41) is 0. The van der Waals surface area contributed by atoms with Crippen molar-refractivity contribution in [3.8, 4) is 0 Å². The highest BCUT2D eigenvalue weighted by Gasteiger charge is 2.24. The van der Waals surface area contributed by atoms with Crippen molar-refractivity contribution in [3.05, 3.63) is 46.5 Å². The first-order chi connectivity index (χ1) is 11.8. The number of hydrogen-bond donors (Lipinski definition) is 0. The van der Waals surface area contributed by atoms with Gasteiger partial charge in [0.1, 0.15) is 0 Å². The van der Waals surface area contributed by atoms with E-state index in [4.69, 9.17) is 4.43 Å². The summed E-state index contributed by atoms with van der Waals surface area (Å²) >= 11 is 3.52. The van der Waals surface area contributed by atoms with Crippen LogP contribution in [0.5, 0.6) is 0 Å². The highest BCUT2D eigenvalue weighted by atomic mass is 79.9. The molecule has 1 rings (SSSR count). The fourth-order valence-electron chi connectivity index (χ4n) is 3.00. The smallest absolute Gasteiger partial charge is 0.185 e. The fraction of sp³-hybridized carbons (Fsp3) is 0.636. The van der Waals surface area contributed by atoms with Crippen molar-refractivity contribution in [2.24, 2.45) is 0 Å². The van der Waals surface area contributed by atoms with Gasteiger partial charge in [-0.3, -0.25) is 0 Å². The van der Waals surface area contributed by atoms with Crippen LogP contribution in [0.2, 0.25) is 19.6 Å². The topological polar surface area (TPSA) is 9.23 Å². The van der Waals surface area contributed by atoms with Gasteiger partial charge in [0.25, 0.3) is 0 Å². The Hall–Kier alpha value is -0.383. The van der Waals surface area contributed by atoms with Crippen LogP contribution in [0.1, 0.15) is 76.4 Å². The molecule has 1 aromatic carbocycles. The van der Waals surface area contributed by atoms with Crippen LogP contribution in [-0.4, -0.2) is 8.32 Å². The molecule has 0 aliphatic rings. The largest absolute Gasteiger partial charge is 0.407 e. The van der Waals surface area contributed by atoms with E-state index >= 15 is 0 Å². The third kappa shape index (κ3) is 10.4. The van der Waals surface area contributed by atoms with E-state index in [1.54, 1.807) is 0 Å². The maximum absolute atomic E-state index is 6.47. The van der Waals surface area contributed by atoms with Crippen molar-refractivity contribution in [1.29, 1.82) is 0 Å². The van der Waals surface area contributed by atoms with Gasteiger partial charge < -0.3 is 4.43 Å². The minimum Gasteiger partial charge on any atom is -0.407 e. The summed E-state index contributed by atoms with van der Waals surface area (Å²) in [5.41, 5.74) is 2.46. The Kier molecular flexibility index (Phi) is 11.0. The van der Waals surface area contributed by atoms with Crippen LogP contribution in [0.25, 0.3) is 0 Å². The Morgan fingerprint density at radius 1 is 0.960 bits per heavy atom. The Morgan fingerprint density at radius 3 is 2.00 bits per heavy atom. The Morgan fingerprint density at radius 2 is 1.48 bits per heavy atom. The van der Waals surface area contributed by atoms with E-state index in [1.807, 2.05) is 0 Å². The Bertz CT molecular complexity index is 490. The zero-order valence-corrected chi connectivity index (χ0v) is 19.3. The van der Waals surface area contributed by atoms with Gasteiger partial charge in [-0.15, -0.1) is 0 Å². The lowest BCUT2D eigenvalue weighted by molar-refractivity contribution is 0.230. The molecule has 0 radical (unpaired) electrons. The van der Waals surface area contributed by atoms with Gasteiger partial charge in [-0.1, -0.05) is 86.5 Å². The molecular formula is C22H37BrOSi. The second-order valence-electron chi connectivity index (χ2n) is 8.04. The quantitative estimate of drug-likeness (QED) is 0.175. The molecule has 0 spiro atoms. The van der Waals surface area contributed by atoms with E-state index in [-0.39, 0.29) is 6.10 Å². The number of halogens is 1. The molecule has 1 atom stereocenters. The van der Waals surface area contributed by atoms with E-state index in [2.05, 4.69) is 73.3 Å². The van der Waals surface area contributed by atoms with Crippen molar-refractivity contribution in [2.45, 2.75) is 90.5 Å². The highest BCUT2D eigenvalue weighted by Crippen LogP contribution is 2.32. The van der Waals surface area contributed by atoms with Crippen molar-refractivity contribution in [3.63, 3.8) is 0 Å². The molecule has 0 saturated heterocycles. The lowest BCUT2D eigenvalue weighted by Gasteiger charge is -2.28. The summed E-state index contributed by atoms with van der Waals surface area (Å²) in [6.07, 6.45) is 11.9. The van der Waals surface area contributed by atoms with E-state index in [0.29, 0.717) is 0 Å². The van der Waals surface area contributed by atoms with E-state index in [1.165, 1.54) is 62.5 Å². The number of hydrogen-bond acceptors (Lipinski definition) is 1. The second kappa shape index (κ2) is 12.1. The zero-order chi connectivity index (χ0) is 18.7. The van der Waals surface area contributed by atoms with Crippen LogP contribution in [0.3, 0.4) is 0 Å². The maximum atomic E-state index is 6.47. The molecule has 0 saturated carbocycles. The predicted molar refractivity (Wildman–Crippen MR) is 118 cm³/mol. The Balaban J connectivity index is 2.46. The summed E-state index contributed by atoms with van der Waals surface area (Å²) in [5.74, 6) is 0. The molecular weight excluding hydrogens is 388 g/mol. The van der Waals surface area contributed by atoms with Crippen molar-refractivity contribution >= 4 is 24.2 Å². The minimum atomic E-state index is -1.63. The molecule has 0 bridgehead atoms. The highest BCUT2D eigenvalue weighted by molar-refractivity contribution is 9.10. The summed E-state index contributed by atoms with van der Waals surface area (Å²) < 4.78 is 7.58. The van der Waals surface area contributed by atoms with Crippen molar-refractivity contribution in [1.82, 2.24) is 0 Å². The molecule has 0 aliphatic heterocycles. The molecule has 1 aromatic rings. The van der Waals surface area contributed by atoms with E-state index in [9.17, 15) is 0 Å². The molecule has 0 amide bonds. The predicted octanol–water partition coefficient (Wildman–Crippen LogP) is 8.43. The molecule has 0 N–H and O–H groups in total. The van der Waals surface area contributed by atoms with Gasteiger partial charge in [0.05, 0.1) is 6.10 Å². The standard InChI is InChI=1S/C22H37BrOSi/c1-6-7-8-9-10-11-12-13-14-19(2)22(24-25(3,4)5)20-15-17-21(23)18-16-20/h15-18,22H,2,6-14H2,1,3-5H3. The fourth-order valence-corrected chi connectivity index (χ4v) is 4.27. The van der Waals surface area contributed by atoms with Gasteiger partial charge >= 0.3 is 0 Å². The molecule has 0 fully saturated rings. The van der Waals surface area contributed by atoms with E-state index < -0.39 is 8.32 Å². The van der Waals surface area contributed by atoms with Gasteiger partial charge in [0, 0.05) is 4.47 Å². The molecule has 0 aliphatic carbocycles. The van der Waals surface area contributed by atoms with Gasteiger partial charge in [-0.2, -0.15) is 0 Å². The van der Waals surface area contributed by atoms with E-state index in [0.717, 1.165) is 10.9 Å². The first-order valence-electron chi connectivity index (χ1n) is 9.94. The molecule has 0 heterocycles. The third-order valence-corrected chi connectivity index (χ3v) is 5.84. The first-order valence-corrected chi connectivity index (χ1v) is 14.1. The van der Waals surface area contributed by atoms with Gasteiger partial charge in [0.15, 0.2) is 8.32 Å². The summed E-state index contributed by atoms with van der Waals surface area (Å²) in [6, 6.07) is 8.51. The number of rotatable bonds is 13. The van der Waals surface area contributed by atoms with Crippen LogP contribution in [-0.2, 0) is 4.43 Å². The normalized spacial score (nSPS) is 13.0. The summed E-state index contributed by atoms with van der Waals surface area (Å²) in [6.45, 7) is 13.4. The average Bonchev–Trinajstić information content (AvgIpc) is 2.55. The average molecular weight is 426 g/mol. The maximum Gasteiger partial charge on any atom is 0.185 e. The molecule has 0 aromatic heterocycles. The monoisotopic (exact) mass is 424 g/mol. The van der Waals surface area contributed by atoms with Gasteiger partial charge in [-0.25, -0.2) is 0 Å². The van der Waals surface area contributed by atoms with Crippen LogP contribution in [0.15, 0.2) is 40.9 Å². The summed E-state index contributed by atoms with van der Waals surface area (Å²) in [7, 11) is -1.63. The number of benzene rings is 1. The lowest BCUT2D eigenvalue weighted by Crippen LogP contribution is -2.28. The lowest BCUT2D eigenvalue weighted by atomic mass is 9.97. The first kappa shape index (κ1) is 22.7. The van der Waals surface area contributed by atoms with Gasteiger partial charge in [-0.05, 0) is 55.8 Å². The van der Waals surface area contributed by atoms with Gasteiger partial charge in [0.2, 0.25) is 0 Å². The van der Waals surface area contributed by atoms with Crippen LogP contribution in [0, 0.1) is 0 Å². The molecule has 25 heavy (non-hydrogen) atoms. The second-order valence-corrected chi connectivity index (χ2v) is 13.4. The molecule has 1 nitrogen and oxygen atoms in total. The summed E-state index contributed by atoms with van der Waals surface area (Å²) in [4.78, 5) is 0. The minimum absolute atomic E-state index is 0.0457. The Labute approximate surface area is 165 Å². The zero-order valence-electron chi connectivity index (χ0n) is 16.7. The molecule has 142 valence electrons. The SMILES string of the molecule is C=C(CCCCCCCCCC)C(O[Si](C)(C)C)c1ccc(Br)cc1. The van der Waals surface area contributed by atoms with Crippen molar-refractivity contribution < 1.29 is 4.43 Å². The van der Waals surface area contributed by atoms with Crippen LogP contribution >= 0.6 is 15.9 Å². The van der Waals surface area contributed by atoms with Crippen molar-refractivity contribution in [2.75, 3.05) is 0 Å². The van der Waals surface area contributed by atoms with Crippen LogP contribution < -0.4 is 0 Å². The number of unbranched alkanes of at least 4 members (excludes halogenated alkanes) is 7.